The fourth-order valence-electron chi connectivity index (χ4n) is 2.09. The van der Waals surface area contributed by atoms with E-state index in [1.165, 1.54) is 23.0 Å². The third kappa shape index (κ3) is 3.60. The van der Waals surface area contributed by atoms with Gasteiger partial charge in [-0.15, -0.1) is 0 Å². The molecule has 0 aliphatic rings. The molecule has 7 nitrogen and oxygen atoms in total. The maximum absolute atomic E-state index is 11.0. The minimum Gasteiger partial charge on any atom is -0.258 e. The molecular weight excluding hydrogens is 385 g/mol. The third-order valence-electron chi connectivity index (χ3n) is 3.25. The van der Waals surface area contributed by atoms with E-state index in [9.17, 15) is 10.1 Å². The summed E-state index contributed by atoms with van der Waals surface area (Å²) in [6.07, 6.45) is 1.43. The van der Waals surface area contributed by atoms with E-state index in [2.05, 4.69) is 15.3 Å². The molecule has 1 aromatic heterocycles. The average molecular weight is 394 g/mol. The molecule has 0 radical (unpaired) electrons. The SMILES string of the molecule is O=[N+]([O-])c1cc(/C=N\n2c(-c3ccccc3Cl)n[nH]c2=S)ccc1Cl. The topological polar surface area (TPSA) is 89.1 Å². The van der Waals surface area contributed by atoms with Crippen LogP contribution in [0.4, 0.5) is 5.69 Å². The highest BCUT2D eigenvalue weighted by molar-refractivity contribution is 7.71. The van der Waals surface area contributed by atoms with E-state index in [0.29, 0.717) is 22.0 Å². The van der Waals surface area contributed by atoms with Crippen LogP contribution in [0.5, 0.6) is 0 Å². The van der Waals surface area contributed by atoms with Crippen LogP contribution >= 0.6 is 35.4 Å². The van der Waals surface area contributed by atoms with Crippen molar-refractivity contribution in [2.45, 2.75) is 0 Å². The second kappa shape index (κ2) is 7.14. The molecule has 0 aliphatic heterocycles. The molecule has 0 amide bonds. The molecular formula is C15H9Cl2N5O2S. The predicted octanol–water partition coefficient (Wildman–Crippen LogP) is 4.70. The van der Waals surface area contributed by atoms with E-state index in [-0.39, 0.29) is 15.5 Å². The summed E-state index contributed by atoms with van der Waals surface area (Å²) in [7, 11) is 0. The van der Waals surface area contributed by atoms with Crippen LogP contribution in [-0.4, -0.2) is 26.0 Å². The van der Waals surface area contributed by atoms with Gasteiger partial charge in [0.05, 0.1) is 16.2 Å². The van der Waals surface area contributed by atoms with Gasteiger partial charge in [-0.1, -0.05) is 41.4 Å². The van der Waals surface area contributed by atoms with Crippen molar-refractivity contribution in [2.24, 2.45) is 5.10 Å². The number of aromatic nitrogens is 3. The van der Waals surface area contributed by atoms with Crippen LogP contribution in [-0.2, 0) is 0 Å². The second-order valence-corrected chi connectivity index (χ2v) is 6.06. The van der Waals surface area contributed by atoms with E-state index >= 15 is 0 Å². The van der Waals surface area contributed by atoms with Crippen molar-refractivity contribution in [1.82, 2.24) is 14.9 Å². The summed E-state index contributed by atoms with van der Waals surface area (Å²) in [6.45, 7) is 0. The Morgan fingerprint density at radius 1 is 1.24 bits per heavy atom. The summed E-state index contributed by atoms with van der Waals surface area (Å²) in [6, 6.07) is 11.5. The molecule has 0 saturated heterocycles. The van der Waals surface area contributed by atoms with Crippen LogP contribution in [0, 0.1) is 14.9 Å². The first-order chi connectivity index (χ1) is 12.0. The standard InChI is InChI=1S/C15H9Cl2N5O2S/c16-11-4-2-1-3-10(11)14-19-20-15(25)21(14)18-8-9-5-6-12(17)13(7-9)22(23)24/h1-8H,(H,20,25)/b18-8-. The van der Waals surface area contributed by atoms with Crippen molar-refractivity contribution in [2.75, 3.05) is 0 Å². The van der Waals surface area contributed by atoms with Crippen molar-refractivity contribution in [3.05, 3.63) is 73.0 Å². The summed E-state index contributed by atoms with van der Waals surface area (Å²) in [5.41, 5.74) is 0.938. The zero-order chi connectivity index (χ0) is 18.0. The molecule has 0 atom stereocenters. The number of benzene rings is 2. The van der Waals surface area contributed by atoms with Crippen LogP contribution < -0.4 is 0 Å². The highest BCUT2D eigenvalue weighted by Crippen LogP contribution is 2.26. The molecule has 3 aromatic rings. The summed E-state index contributed by atoms with van der Waals surface area (Å²) in [5.74, 6) is 0.426. The van der Waals surface area contributed by atoms with Gasteiger partial charge in [-0.05, 0) is 30.4 Å². The zero-order valence-corrected chi connectivity index (χ0v) is 14.7. The molecule has 10 heteroatoms. The van der Waals surface area contributed by atoms with Crippen molar-refractivity contribution >= 4 is 47.3 Å². The number of nitrogens with zero attached hydrogens (tertiary/aromatic N) is 4. The number of hydrogen-bond acceptors (Lipinski definition) is 5. The quantitative estimate of drug-likeness (QED) is 0.301. The van der Waals surface area contributed by atoms with Crippen molar-refractivity contribution in [3.63, 3.8) is 0 Å². The lowest BCUT2D eigenvalue weighted by molar-refractivity contribution is -0.384. The first-order valence-corrected chi connectivity index (χ1v) is 8.04. The number of nitrogens with one attached hydrogen (secondary N) is 1. The van der Waals surface area contributed by atoms with Crippen LogP contribution in [0.1, 0.15) is 5.56 Å². The van der Waals surface area contributed by atoms with Gasteiger partial charge >= 0.3 is 0 Å². The Kier molecular flexibility index (Phi) is 4.93. The number of rotatable bonds is 4. The van der Waals surface area contributed by atoms with E-state index in [0.717, 1.165) is 0 Å². The van der Waals surface area contributed by atoms with Gasteiger partial charge < -0.3 is 0 Å². The summed E-state index contributed by atoms with van der Waals surface area (Å²) < 4.78 is 1.64. The molecule has 0 bridgehead atoms. The Morgan fingerprint density at radius 3 is 2.72 bits per heavy atom. The molecule has 2 aromatic carbocycles. The number of nitro benzene ring substituents is 1. The first kappa shape index (κ1) is 17.3. The molecule has 0 fully saturated rings. The van der Waals surface area contributed by atoms with Gasteiger partial charge in [-0.25, -0.2) is 5.10 Å². The first-order valence-electron chi connectivity index (χ1n) is 6.88. The van der Waals surface area contributed by atoms with Gasteiger partial charge in [0.1, 0.15) is 5.02 Å². The molecule has 0 spiro atoms. The monoisotopic (exact) mass is 393 g/mol. The van der Waals surface area contributed by atoms with Crippen LogP contribution in [0.25, 0.3) is 11.4 Å². The van der Waals surface area contributed by atoms with Gasteiger partial charge in [0, 0.05) is 17.2 Å². The number of hydrogen-bond donors (Lipinski definition) is 1. The summed E-state index contributed by atoms with van der Waals surface area (Å²) in [5, 5.41) is 22.6. The highest BCUT2D eigenvalue weighted by atomic mass is 35.5. The Hall–Kier alpha value is -2.55. The van der Waals surface area contributed by atoms with Crippen LogP contribution in [0.15, 0.2) is 47.6 Å². The summed E-state index contributed by atoms with van der Waals surface area (Å²) >= 11 is 17.2. The minimum absolute atomic E-state index is 0.0545. The maximum Gasteiger partial charge on any atom is 0.288 e. The molecule has 1 heterocycles. The molecule has 126 valence electrons. The lowest BCUT2D eigenvalue weighted by Crippen LogP contribution is -1.96. The van der Waals surface area contributed by atoms with Gasteiger partial charge in [0.2, 0.25) is 4.77 Å². The largest absolute Gasteiger partial charge is 0.288 e. The molecule has 0 unspecified atom stereocenters. The highest BCUT2D eigenvalue weighted by Gasteiger charge is 2.13. The fraction of sp³-hybridized carbons (Fsp3) is 0. The lowest BCUT2D eigenvalue weighted by atomic mass is 10.2. The van der Waals surface area contributed by atoms with E-state index < -0.39 is 4.92 Å². The predicted molar refractivity (Wildman–Crippen MR) is 99.0 cm³/mol. The van der Waals surface area contributed by atoms with Crippen molar-refractivity contribution in [1.29, 1.82) is 0 Å². The third-order valence-corrected chi connectivity index (χ3v) is 4.17. The number of halogens is 2. The van der Waals surface area contributed by atoms with E-state index in [1.807, 2.05) is 6.07 Å². The Bertz CT molecular complexity index is 1040. The lowest BCUT2D eigenvalue weighted by Gasteiger charge is -2.03. The molecule has 25 heavy (non-hydrogen) atoms. The normalized spacial score (nSPS) is 11.1. The molecule has 3 rings (SSSR count). The zero-order valence-electron chi connectivity index (χ0n) is 12.4. The number of H-pyrrole nitrogens is 1. The fourth-order valence-corrected chi connectivity index (χ4v) is 2.68. The van der Waals surface area contributed by atoms with Crippen molar-refractivity contribution in [3.8, 4) is 11.4 Å². The summed E-state index contributed by atoms with van der Waals surface area (Å²) in [4.78, 5) is 10.4. The molecule has 1 N–H and O–H groups in total. The van der Waals surface area contributed by atoms with Crippen LogP contribution in [0.3, 0.4) is 0 Å². The van der Waals surface area contributed by atoms with Gasteiger partial charge in [0.15, 0.2) is 5.82 Å². The van der Waals surface area contributed by atoms with Crippen LogP contribution in [0.2, 0.25) is 10.0 Å². The maximum atomic E-state index is 11.0. The smallest absolute Gasteiger partial charge is 0.258 e. The van der Waals surface area contributed by atoms with E-state index in [1.54, 1.807) is 24.3 Å². The average Bonchev–Trinajstić information content (AvgIpc) is 2.95. The minimum atomic E-state index is -0.557. The van der Waals surface area contributed by atoms with Gasteiger partial charge in [0.25, 0.3) is 5.69 Å². The Labute approximate surface area is 156 Å². The van der Waals surface area contributed by atoms with E-state index in [4.69, 9.17) is 35.4 Å². The molecule has 0 saturated carbocycles. The van der Waals surface area contributed by atoms with Gasteiger partial charge in [-0.2, -0.15) is 14.9 Å². The number of nitro groups is 1. The second-order valence-electron chi connectivity index (χ2n) is 4.86. The Morgan fingerprint density at radius 2 is 2.00 bits per heavy atom. The Balaban J connectivity index is 2.02. The number of aromatic amines is 1. The molecule has 0 aliphatic carbocycles. The van der Waals surface area contributed by atoms with Gasteiger partial charge in [-0.3, -0.25) is 10.1 Å². The van der Waals surface area contributed by atoms with Crippen molar-refractivity contribution < 1.29 is 4.92 Å².